The van der Waals surface area contributed by atoms with E-state index in [-0.39, 0.29) is 44.4 Å². The number of ketones is 2. The first kappa shape index (κ1) is 15.7. The average Bonchev–Trinajstić information content (AvgIpc) is 2.24. The zero-order valence-corrected chi connectivity index (χ0v) is 10.1. The summed E-state index contributed by atoms with van der Waals surface area (Å²) in [5.41, 5.74) is 0. The highest BCUT2D eigenvalue weighted by molar-refractivity contribution is 6.02. The smallest absolute Gasteiger partial charge is 0.307 e. The standard InChI is InChI=1S/C11H18O6/c1-8(13)10(9(2)14)7-11(15)17-6-5-16-4-3-12/h10,12H,3-7H2,1-2H3. The zero-order valence-electron chi connectivity index (χ0n) is 10.1. The number of esters is 1. The monoisotopic (exact) mass is 246 g/mol. The van der Waals surface area contributed by atoms with E-state index < -0.39 is 11.9 Å². The van der Waals surface area contributed by atoms with Gasteiger partial charge in [0.1, 0.15) is 18.2 Å². The largest absolute Gasteiger partial charge is 0.463 e. The summed E-state index contributed by atoms with van der Waals surface area (Å²) in [6, 6.07) is 0. The Morgan fingerprint density at radius 2 is 1.65 bits per heavy atom. The highest BCUT2D eigenvalue weighted by atomic mass is 16.6. The summed E-state index contributed by atoms with van der Waals surface area (Å²) in [6.07, 6.45) is -0.231. The lowest BCUT2D eigenvalue weighted by Gasteiger charge is -2.10. The molecule has 0 bridgehead atoms. The molecule has 6 heteroatoms. The molecule has 0 atom stereocenters. The maximum absolute atomic E-state index is 11.3. The third kappa shape index (κ3) is 7.59. The molecule has 0 aromatic carbocycles. The Bertz CT molecular complexity index is 259. The van der Waals surface area contributed by atoms with E-state index in [1.807, 2.05) is 0 Å². The van der Waals surface area contributed by atoms with Gasteiger partial charge in [-0.2, -0.15) is 0 Å². The number of rotatable bonds is 9. The fourth-order valence-corrected chi connectivity index (χ4v) is 1.18. The number of Topliss-reactive ketones (excluding diaryl/α,β-unsaturated/α-hetero) is 2. The molecule has 0 rings (SSSR count). The minimum atomic E-state index is -0.916. The Labute approximate surface area is 99.9 Å². The van der Waals surface area contributed by atoms with Gasteiger partial charge < -0.3 is 14.6 Å². The second-order valence-electron chi connectivity index (χ2n) is 3.53. The van der Waals surface area contributed by atoms with Crippen LogP contribution in [0.4, 0.5) is 0 Å². The molecule has 0 saturated heterocycles. The van der Waals surface area contributed by atoms with Gasteiger partial charge in [-0.05, 0) is 13.8 Å². The minimum Gasteiger partial charge on any atom is -0.463 e. The molecule has 0 aliphatic heterocycles. The molecule has 0 aliphatic carbocycles. The van der Waals surface area contributed by atoms with Crippen molar-refractivity contribution in [1.29, 1.82) is 0 Å². The van der Waals surface area contributed by atoms with Crippen molar-refractivity contribution in [3.05, 3.63) is 0 Å². The number of aliphatic hydroxyl groups excluding tert-OH is 1. The third-order valence-electron chi connectivity index (χ3n) is 2.08. The van der Waals surface area contributed by atoms with Gasteiger partial charge in [0.25, 0.3) is 0 Å². The van der Waals surface area contributed by atoms with Crippen LogP contribution >= 0.6 is 0 Å². The van der Waals surface area contributed by atoms with E-state index >= 15 is 0 Å². The number of aliphatic hydroxyl groups is 1. The Kier molecular flexibility index (Phi) is 8.17. The number of carbonyl (C=O) groups is 3. The average molecular weight is 246 g/mol. The van der Waals surface area contributed by atoms with Gasteiger partial charge in [0, 0.05) is 0 Å². The van der Waals surface area contributed by atoms with Gasteiger partial charge in [-0.3, -0.25) is 14.4 Å². The molecule has 0 fully saturated rings. The lowest BCUT2D eigenvalue weighted by Crippen LogP contribution is -2.24. The van der Waals surface area contributed by atoms with Gasteiger partial charge in [-0.1, -0.05) is 0 Å². The first-order valence-corrected chi connectivity index (χ1v) is 5.34. The molecule has 0 unspecified atom stereocenters. The first-order valence-electron chi connectivity index (χ1n) is 5.34. The minimum absolute atomic E-state index is 0.0430. The van der Waals surface area contributed by atoms with Crippen molar-refractivity contribution >= 4 is 17.5 Å². The van der Waals surface area contributed by atoms with Crippen LogP contribution in [-0.4, -0.2) is 49.1 Å². The van der Waals surface area contributed by atoms with Crippen LogP contribution in [0.15, 0.2) is 0 Å². The quantitative estimate of drug-likeness (QED) is 0.342. The molecule has 0 spiro atoms. The van der Waals surface area contributed by atoms with Gasteiger partial charge >= 0.3 is 5.97 Å². The fourth-order valence-electron chi connectivity index (χ4n) is 1.18. The van der Waals surface area contributed by atoms with Crippen LogP contribution in [0.3, 0.4) is 0 Å². The Morgan fingerprint density at radius 1 is 1.06 bits per heavy atom. The van der Waals surface area contributed by atoms with Crippen molar-refractivity contribution in [1.82, 2.24) is 0 Å². The Hall–Kier alpha value is -1.27. The summed E-state index contributed by atoms with van der Waals surface area (Å²) in [6.45, 7) is 2.84. The van der Waals surface area contributed by atoms with Crippen molar-refractivity contribution in [2.24, 2.45) is 5.92 Å². The van der Waals surface area contributed by atoms with Crippen LogP contribution < -0.4 is 0 Å². The van der Waals surface area contributed by atoms with Gasteiger partial charge in [0.2, 0.25) is 0 Å². The molecule has 0 aromatic heterocycles. The van der Waals surface area contributed by atoms with Gasteiger partial charge in [0.05, 0.1) is 32.2 Å². The molecule has 17 heavy (non-hydrogen) atoms. The normalized spacial score (nSPS) is 10.4. The van der Waals surface area contributed by atoms with Crippen molar-refractivity contribution in [3.8, 4) is 0 Å². The summed E-state index contributed by atoms with van der Waals surface area (Å²) >= 11 is 0. The predicted octanol–water partition coefficient (Wildman–Crippen LogP) is -0.277. The summed E-state index contributed by atoms with van der Waals surface area (Å²) in [4.78, 5) is 33.4. The molecule has 6 nitrogen and oxygen atoms in total. The number of ether oxygens (including phenoxy) is 2. The van der Waals surface area contributed by atoms with E-state index in [2.05, 4.69) is 0 Å². The molecular formula is C11H18O6. The number of hydrogen-bond donors (Lipinski definition) is 1. The molecule has 0 aromatic rings. The van der Waals surface area contributed by atoms with Gasteiger partial charge in [-0.25, -0.2) is 0 Å². The number of carbonyl (C=O) groups excluding carboxylic acids is 3. The highest BCUT2D eigenvalue weighted by Crippen LogP contribution is 2.07. The second kappa shape index (κ2) is 8.83. The van der Waals surface area contributed by atoms with Crippen LogP contribution in [0.5, 0.6) is 0 Å². The van der Waals surface area contributed by atoms with Crippen molar-refractivity contribution in [2.75, 3.05) is 26.4 Å². The fraction of sp³-hybridized carbons (Fsp3) is 0.727. The summed E-state index contributed by atoms with van der Waals surface area (Å²) < 4.78 is 9.64. The summed E-state index contributed by atoms with van der Waals surface area (Å²) in [5.74, 6) is -2.20. The van der Waals surface area contributed by atoms with Crippen molar-refractivity contribution in [3.63, 3.8) is 0 Å². The second-order valence-corrected chi connectivity index (χ2v) is 3.53. The molecule has 0 saturated carbocycles. The zero-order chi connectivity index (χ0) is 13.3. The highest BCUT2D eigenvalue weighted by Gasteiger charge is 2.23. The summed E-state index contributed by atoms with van der Waals surface area (Å²) in [5, 5.41) is 8.41. The molecule has 0 heterocycles. The van der Waals surface area contributed by atoms with Crippen molar-refractivity contribution < 1.29 is 29.0 Å². The van der Waals surface area contributed by atoms with Gasteiger partial charge in [0.15, 0.2) is 0 Å². The predicted molar refractivity (Wildman–Crippen MR) is 58.3 cm³/mol. The van der Waals surface area contributed by atoms with Crippen LogP contribution in [-0.2, 0) is 23.9 Å². The summed E-state index contributed by atoms with van der Waals surface area (Å²) in [7, 11) is 0. The lowest BCUT2D eigenvalue weighted by atomic mass is 9.97. The topological polar surface area (TPSA) is 89.9 Å². The molecular weight excluding hydrogens is 228 g/mol. The molecule has 0 radical (unpaired) electrons. The number of hydrogen-bond acceptors (Lipinski definition) is 6. The van der Waals surface area contributed by atoms with Crippen LogP contribution in [0.2, 0.25) is 0 Å². The molecule has 0 aliphatic rings. The van der Waals surface area contributed by atoms with Crippen LogP contribution in [0.25, 0.3) is 0 Å². The Morgan fingerprint density at radius 3 is 2.12 bits per heavy atom. The molecule has 0 amide bonds. The van der Waals surface area contributed by atoms with Crippen LogP contribution in [0, 0.1) is 5.92 Å². The Balaban J connectivity index is 3.83. The van der Waals surface area contributed by atoms with E-state index in [0.29, 0.717) is 0 Å². The third-order valence-corrected chi connectivity index (χ3v) is 2.08. The molecule has 1 N–H and O–H groups in total. The molecule has 98 valence electrons. The SMILES string of the molecule is CC(=O)C(CC(=O)OCCOCCO)C(C)=O. The van der Waals surface area contributed by atoms with E-state index in [9.17, 15) is 14.4 Å². The van der Waals surface area contributed by atoms with E-state index in [0.717, 1.165) is 0 Å². The van der Waals surface area contributed by atoms with E-state index in [4.69, 9.17) is 14.6 Å². The van der Waals surface area contributed by atoms with E-state index in [1.54, 1.807) is 0 Å². The maximum atomic E-state index is 11.3. The van der Waals surface area contributed by atoms with Crippen LogP contribution in [0.1, 0.15) is 20.3 Å². The van der Waals surface area contributed by atoms with Gasteiger partial charge in [-0.15, -0.1) is 0 Å². The van der Waals surface area contributed by atoms with Crippen molar-refractivity contribution in [2.45, 2.75) is 20.3 Å². The maximum Gasteiger partial charge on any atom is 0.307 e. The van der Waals surface area contributed by atoms with E-state index in [1.165, 1.54) is 13.8 Å². The first-order chi connectivity index (χ1) is 7.99. The lowest BCUT2D eigenvalue weighted by molar-refractivity contribution is -0.149.